The molecule has 0 aliphatic heterocycles. The smallest absolute Gasteiger partial charge is 0.142 e. The van der Waals surface area contributed by atoms with E-state index in [9.17, 15) is 8.78 Å². The van der Waals surface area contributed by atoms with Gasteiger partial charge in [-0.05, 0) is 18.6 Å². The minimum Gasteiger partial charge on any atom is -0.271 e. The summed E-state index contributed by atoms with van der Waals surface area (Å²) in [6.07, 6.45) is 2.25. The molecule has 0 amide bonds. The molecule has 2 aromatic rings. The predicted octanol–water partition coefficient (Wildman–Crippen LogP) is 3.43. The van der Waals surface area contributed by atoms with Crippen molar-refractivity contribution < 1.29 is 8.78 Å². The van der Waals surface area contributed by atoms with Crippen molar-refractivity contribution in [2.24, 2.45) is 5.84 Å². The molecule has 8 heteroatoms. The normalized spacial score (nSPS) is 12.7. The maximum Gasteiger partial charge on any atom is 0.142 e. The zero-order valence-corrected chi connectivity index (χ0v) is 12.7. The zero-order valence-electron chi connectivity index (χ0n) is 11.2. The molecule has 0 bridgehead atoms. The monoisotopic (exact) mass is 334 g/mol. The average molecular weight is 335 g/mol. The Kier molecular flexibility index (Phi) is 5.16. The highest BCUT2D eigenvalue weighted by atomic mass is 35.5. The molecule has 0 radical (unpaired) electrons. The van der Waals surface area contributed by atoms with Crippen LogP contribution in [0.25, 0.3) is 0 Å². The first-order valence-electron chi connectivity index (χ1n) is 6.31. The number of halogens is 4. The minimum atomic E-state index is -0.835. The van der Waals surface area contributed by atoms with Gasteiger partial charge < -0.3 is 0 Å². The van der Waals surface area contributed by atoms with Crippen LogP contribution in [0.1, 0.15) is 30.6 Å². The number of hydrogen-bond donors (Lipinski definition) is 2. The molecule has 2 rings (SSSR count). The summed E-state index contributed by atoms with van der Waals surface area (Å²) in [6, 6.07) is 1.07. The lowest BCUT2D eigenvalue weighted by Crippen LogP contribution is -2.31. The molecule has 0 spiro atoms. The van der Waals surface area contributed by atoms with E-state index in [0.29, 0.717) is 17.3 Å². The second kappa shape index (κ2) is 6.70. The molecular weight excluding hydrogens is 321 g/mol. The average Bonchev–Trinajstić information content (AvgIpc) is 2.79. The van der Waals surface area contributed by atoms with Crippen LogP contribution in [-0.4, -0.2) is 9.78 Å². The molecule has 0 aliphatic rings. The van der Waals surface area contributed by atoms with E-state index in [-0.39, 0.29) is 10.6 Å². The minimum absolute atomic E-state index is 0.0131. The number of aromatic nitrogens is 2. The fourth-order valence-corrected chi connectivity index (χ4v) is 2.52. The number of nitrogens with two attached hydrogens (primary N) is 1. The van der Waals surface area contributed by atoms with Crippen molar-refractivity contribution in [1.29, 1.82) is 0 Å². The third kappa shape index (κ3) is 3.18. The van der Waals surface area contributed by atoms with Crippen LogP contribution in [0.5, 0.6) is 0 Å². The topological polar surface area (TPSA) is 55.9 Å². The van der Waals surface area contributed by atoms with Crippen LogP contribution in [0.2, 0.25) is 10.0 Å². The van der Waals surface area contributed by atoms with Crippen molar-refractivity contribution in [3.8, 4) is 0 Å². The van der Waals surface area contributed by atoms with Gasteiger partial charge in [0.2, 0.25) is 0 Å². The van der Waals surface area contributed by atoms with Gasteiger partial charge in [-0.25, -0.2) is 14.2 Å². The molecule has 0 saturated carbocycles. The highest BCUT2D eigenvalue weighted by molar-refractivity contribution is 6.31. The quantitative estimate of drug-likeness (QED) is 0.500. The summed E-state index contributed by atoms with van der Waals surface area (Å²) < 4.78 is 29.3. The predicted molar refractivity (Wildman–Crippen MR) is 78.1 cm³/mol. The number of hydrogen-bond acceptors (Lipinski definition) is 3. The highest BCUT2D eigenvalue weighted by Crippen LogP contribution is 2.31. The molecule has 1 aromatic carbocycles. The maximum absolute atomic E-state index is 14.1. The van der Waals surface area contributed by atoms with Gasteiger partial charge in [0.15, 0.2) is 0 Å². The van der Waals surface area contributed by atoms with Crippen molar-refractivity contribution in [2.45, 2.75) is 25.9 Å². The first kappa shape index (κ1) is 16.2. The van der Waals surface area contributed by atoms with Gasteiger partial charge in [0, 0.05) is 12.1 Å². The lowest BCUT2D eigenvalue weighted by molar-refractivity contribution is 0.497. The molecule has 0 saturated heterocycles. The molecule has 21 heavy (non-hydrogen) atoms. The summed E-state index contributed by atoms with van der Waals surface area (Å²) in [4.78, 5) is 0. The van der Waals surface area contributed by atoms with Crippen LogP contribution in [0, 0.1) is 11.6 Å². The van der Waals surface area contributed by atoms with Gasteiger partial charge in [-0.3, -0.25) is 10.5 Å². The Hall–Kier alpha value is -1.21. The molecule has 114 valence electrons. The number of aryl methyl sites for hydroxylation is 1. The van der Waals surface area contributed by atoms with E-state index in [2.05, 4.69) is 10.5 Å². The van der Waals surface area contributed by atoms with Crippen molar-refractivity contribution in [3.05, 3.63) is 51.3 Å². The number of nitrogens with one attached hydrogen (secondary N) is 1. The Labute approximate surface area is 130 Å². The second-order valence-corrected chi connectivity index (χ2v) is 5.30. The Balaban J connectivity index is 2.55. The molecule has 1 atom stereocenters. The molecule has 1 unspecified atom stereocenters. The first-order valence-corrected chi connectivity index (χ1v) is 7.07. The van der Waals surface area contributed by atoms with Crippen molar-refractivity contribution in [2.75, 3.05) is 0 Å². The van der Waals surface area contributed by atoms with Gasteiger partial charge in [-0.15, -0.1) is 0 Å². The lowest BCUT2D eigenvalue weighted by atomic mass is 10.0. The molecule has 4 nitrogen and oxygen atoms in total. The Morgan fingerprint density at radius 3 is 2.62 bits per heavy atom. The van der Waals surface area contributed by atoms with Gasteiger partial charge in [0.05, 0.1) is 28.0 Å². The van der Waals surface area contributed by atoms with Crippen LogP contribution >= 0.6 is 23.2 Å². The molecule has 1 heterocycles. The summed E-state index contributed by atoms with van der Waals surface area (Å²) in [6.45, 7) is 2.55. The summed E-state index contributed by atoms with van der Waals surface area (Å²) in [5, 5.41) is 4.15. The van der Waals surface area contributed by atoms with Gasteiger partial charge in [-0.1, -0.05) is 30.1 Å². The largest absolute Gasteiger partial charge is 0.271 e. The first-order chi connectivity index (χ1) is 9.99. The summed E-state index contributed by atoms with van der Waals surface area (Å²) >= 11 is 11.7. The van der Waals surface area contributed by atoms with Crippen LogP contribution in [0.4, 0.5) is 8.78 Å². The van der Waals surface area contributed by atoms with Gasteiger partial charge in [0.25, 0.3) is 0 Å². The second-order valence-electron chi connectivity index (χ2n) is 4.49. The van der Waals surface area contributed by atoms with E-state index in [1.54, 1.807) is 4.68 Å². The fraction of sp³-hybridized carbons (Fsp3) is 0.308. The van der Waals surface area contributed by atoms with Crippen molar-refractivity contribution in [3.63, 3.8) is 0 Å². The van der Waals surface area contributed by atoms with E-state index in [0.717, 1.165) is 18.6 Å². The fourth-order valence-electron chi connectivity index (χ4n) is 2.12. The molecule has 0 fully saturated rings. The zero-order chi connectivity index (χ0) is 15.6. The Morgan fingerprint density at radius 1 is 1.29 bits per heavy atom. The van der Waals surface area contributed by atoms with E-state index in [1.165, 1.54) is 6.20 Å². The van der Waals surface area contributed by atoms with Crippen molar-refractivity contribution >= 4 is 23.2 Å². The lowest BCUT2D eigenvalue weighted by Gasteiger charge is -2.19. The maximum atomic E-state index is 14.1. The third-order valence-corrected chi connectivity index (χ3v) is 3.64. The number of benzene rings is 1. The number of hydrazine groups is 1. The summed E-state index contributed by atoms with van der Waals surface area (Å²) in [5.74, 6) is 4.11. The number of nitrogens with zero attached hydrogens (tertiary/aromatic N) is 2. The molecule has 3 N–H and O–H groups in total. The van der Waals surface area contributed by atoms with Crippen LogP contribution in [0.15, 0.2) is 18.3 Å². The molecule has 0 aliphatic carbocycles. The highest BCUT2D eigenvalue weighted by Gasteiger charge is 2.25. The van der Waals surface area contributed by atoms with Crippen molar-refractivity contribution in [1.82, 2.24) is 15.2 Å². The van der Waals surface area contributed by atoms with Gasteiger partial charge in [0.1, 0.15) is 11.6 Å². The molecular formula is C13H14Cl2F2N4. The van der Waals surface area contributed by atoms with Gasteiger partial charge in [-0.2, -0.15) is 5.10 Å². The Morgan fingerprint density at radius 2 is 2.00 bits per heavy atom. The summed E-state index contributed by atoms with van der Waals surface area (Å²) in [7, 11) is 0. The van der Waals surface area contributed by atoms with E-state index in [1.807, 2.05) is 6.92 Å². The standard InChI is InChI=1S/C13H14Cl2F2N4/c1-2-3-21-13(9(15)6-19-21)12(20-18)7-4-11(17)8(14)5-10(7)16/h4-6,12,20H,2-3,18H2,1H3. The molecule has 1 aromatic heterocycles. The third-order valence-electron chi connectivity index (χ3n) is 3.06. The van der Waals surface area contributed by atoms with E-state index < -0.39 is 17.7 Å². The van der Waals surface area contributed by atoms with Gasteiger partial charge >= 0.3 is 0 Å². The number of rotatable bonds is 5. The van der Waals surface area contributed by atoms with Crippen LogP contribution in [-0.2, 0) is 6.54 Å². The summed E-state index contributed by atoms with van der Waals surface area (Å²) in [5.41, 5.74) is 2.94. The van der Waals surface area contributed by atoms with Crippen LogP contribution in [0.3, 0.4) is 0 Å². The SMILES string of the molecule is CCCn1ncc(Cl)c1C(NN)c1cc(F)c(Cl)cc1F. The van der Waals surface area contributed by atoms with Crippen LogP contribution < -0.4 is 11.3 Å². The Bertz CT molecular complexity index is 645. The van der Waals surface area contributed by atoms with E-state index in [4.69, 9.17) is 29.0 Å². The van der Waals surface area contributed by atoms with E-state index >= 15 is 0 Å².